The number of rotatable bonds is 3. The molecular weight excluding hydrogens is 317 g/mol. The first kappa shape index (κ1) is 14.9. The van der Waals surface area contributed by atoms with Gasteiger partial charge in [-0.3, -0.25) is 4.90 Å². The lowest BCUT2D eigenvalue weighted by atomic mass is 9.86. The first-order chi connectivity index (χ1) is 12.2. The second-order valence-corrected chi connectivity index (χ2v) is 7.37. The number of hydrogen-bond acceptors (Lipinski definition) is 3. The van der Waals surface area contributed by atoms with Crippen LogP contribution < -0.4 is 0 Å². The SMILES string of the molecule is Fc1ccc(-c2cnc3n2CC2(CCN(Cc4ccco4)C2)C3)cc1. The number of halogens is 1. The molecular formula is C20H20FN3O. The molecule has 0 aliphatic carbocycles. The van der Waals surface area contributed by atoms with Crippen molar-refractivity contribution in [1.82, 2.24) is 14.5 Å². The summed E-state index contributed by atoms with van der Waals surface area (Å²) in [6.07, 6.45) is 5.86. The predicted octanol–water partition coefficient (Wildman–Crippen LogP) is 3.73. The van der Waals surface area contributed by atoms with Gasteiger partial charge in [0.2, 0.25) is 0 Å². The number of likely N-dealkylation sites (tertiary alicyclic amines) is 1. The Morgan fingerprint density at radius 3 is 2.84 bits per heavy atom. The summed E-state index contributed by atoms with van der Waals surface area (Å²) < 4.78 is 21.0. The third kappa shape index (κ3) is 2.59. The Labute approximate surface area is 145 Å². The molecule has 0 amide bonds. The maximum atomic E-state index is 13.2. The van der Waals surface area contributed by atoms with Crippen molar-refractivity contribution < 1.29 is 8.81 Å². The zero-order valence-electron chi connectivity index (χ0n) is 14.0. The van der Waals surface area contributed by atoms with E-state index in [2.05, 4.69) is 14.5 Å². The molecule has 2 aliphatic heterocycles. The number of benzene rings is 1. The lowest BCUT2D eigenvalue weighted by Gasteiger charge is -2.23. The largest absolute Gasteiger partial charge is 0.468 e. The summed E-state index contributed by atoms with van der Waals surface area (Å²) in [7, 11) is 0. The fourth-order valence-corrected chi connectivity index (χ4v) is 4.37. The summed E-state index contributed by atoms with van der Waals surface area (Å²) in [6.45, 7) is 4.03. The molecule has 1 aromatic carbocycles. The van der Waals surface area contributed by atoms with E-state index in [1.54, 1.807) is 6.26 Å². The number of furan rings is 1. The van der Waals surface area contributed by atoms with Crippen LogP contribution in [0.15, 0.2) is 53.3 Å². The molecule has 3 aromatic rings. The predicted molar refractivity (Wildman–Crippen MR) is 92.4 cm³/mol. The Hall–Kier alpha value is -2.40. The standard InChI is InChI=1S/C20H20FN3O/c21-16-5-3-15(4-6-16)18-11-22-19-10-20(14-24(18)19)7-8-23(13-20)12-17-2-1-9-25-17/h1-6,9,11H,7-8,10,12-14H2. The Balaban J connectivity index is 1.36. The fraction of sp³-hybridized carbons (Fsp3) is 0.350. The van der Waals surface area contributed by atoms with Crippen molar-refractivity contribution >= 4 is 0 Å². The van der Waals surface area contributed by atoms with E-state index in [0.29, 0.717) is 0 Å². The van der Waals surface area contributed by atoms with Gasteiger partial charge >= 0.3 is 0 Å². The van der Waals surface area contributed by atoms with Gasteiger partial charge in [-0.2, -0.15) is 0 Å². The van der Waals surface area contributed by atoms with E-state index in [4.69, 9.17) is 4.42 Å². The average Bonchev–Trinajstić information content (AvgIpc) is 3.36. The van der Waals surface area contributed by atoms with Crippen LogP contribution in [-0.2, 0) is 19.5 Å². The van der Waals surface area contributed by atoms with E-state index in [9.17, 15) is 4.39 Å². The van der Waals surface area contributed by atoms with Crippen LogP contribution in [-0.4, -0.2) is 27.5 Å². The molecule has 4 nitrogen and oxygen atoms in total. The summed E-state index contributed by atoms with van der Waals surface area (Å²) in [5.74, 6) is 1.98. The zero-order chi connectivity index (χ0) is 16.9. The van der Waals surface area contributed by atoms with Crippen LogP contribution in [0, 0.1) is 11.2 Å². The molecule has 0 bridgehead atoms. The summed E-state index contributed by atoms with van der Waals surface area (Å²) in [4.78, 5) is 7.12. The topological polar surface area (TPSA) is 34.2 Å². The second-order valence-electron chi connectivity index (χ2n) is 7.37. The highest BCUT2D eigenvalue weighted by Crippen LogP contribution is 2.42. The Bertz CT molecular complexity index is 884. The van der Waals surface area contributed by atoms with Gasteiger partial charge < -0.3 is 8.98 Å². The molecule has 0 radical (unpaired) electrons. The van der Waals surface area contributed by atoms with Gasteiger partial charge in [-0.25, -0.2) is 9.37 Å². The maximum Gasteiger partial charge on any atom is 0.123 e. The Morgan fingerprint density at radius 2 is 2.04 bits per heavy atom. The average molecular weight is 337 g/mol. The number of aromatic nitrogens is 2. The van der Waals surface area contributed by atoms with Crippen molar-refractivity contribution in [3.8, 4) is 11.3 Å². The number of fused-ring (bicyclic) bond motifs is 1. The highest BCUT2D eigenvalue weighted by atomic mass is 19.1. The fourth-order valence-electron chi connectivity index (χ4n) is 4.37. The molecule has 1 unspecified atom stereocenters. The van der Waals surface area contributed by atoms with Crippen LogP contribution in [0.5, 0.6) is 0 Å². The normalized spacial score (nSPS) is 22.8. The summed E-state index contributed by atoms with van der Waals surface area (Å²) in [6, 6.07) is 10.7. The maximum absolute atomic E-state index is 13.2. The van der Waals surface area contributed by atoms with Gasteiger partial charge in [0, 0.05) is 24.9 Å². The molecule has 0 saturated carbocycles. The number of imidazole rings is 1. The first-order valence-electron chi connectivity index (χ1n) is 8.76. The lowest BCUT2D eigenvalue weighted by molar-refractivity contribution is 0.235. The van der Waals surface area contributed by atoms with Crippen molar-refractivity contribution in [2.45, 2.75) is 25.9 Å². The van der Waals surface area contributed by atoms with E-state index in [1.807, 2.05) is 30.5 Å². The van der Waals surface area contributed by atoms with Crippen LogP contribution in [0.3, 0.4) is 0 Å². The van der Waals surface area contributed by atoms with Gasteiger partial charge in [0.15, 0.2) is 0 Å². The van der Waals surface area contributed by atoms with E-state index in [0.717, 1.165) is 55.4 Å². The van der Waals surface area contributed by atoms with Crippen LogP contribution in [0.1, 0.15) is 18.0 Å². The van der Waals surface area contributed by atoms with E-state index < -0.39 is 0 Å². The smallest absolute Gasteiger partial charge is 0.123 e. The molecule has 5 rings (SSSR count). The van der Waals surface area contributed by atoms with Crippen LogP contribution in [0.2, 0.25) is 0 Å². The van der Waals surface area contributed by atoms with E-state index in [-0.39, 0.29) is 11.2 Å². The molecule has 2 aliphatic rings. The van der Waals surface area contributed by atoms with E-state index in [1.165, 1.54) is 18.6 Å². The number of hydrogen-bond donors (Lipinski definition) is 0. The third-order valence-corrected chi connectivity index (χ3v) is 5.58. The van der Waals surface area contributed by atoms with Gasteiger partial charge in [-0.15, -0.1) is 0 Å². The monoisotopic (exact) mass is 337 g/mol. The molecule has 1 spiro atoms. The lowest BCUT2D eigenvalue weighted by Crippen LogP contribution is -2.28. The molecule has 25 heavy (non-hydrogen) atoms. The molecule has 1 saturated heterocycles. The van der Waals surface area contributed by atoms with Crippen LogP contribution in [0.25, 0.3) is 11.3 Å². The van der Waals surface area contributed by atoms with Gasteiger partial charge in [0.1, 0.15) is 17.4 Å². The molecule has 1 atom stereocenters. The van der Waals surface area contributed by atoms with E-state index >= 15 is 0 Å². The molecule has 2 aromatic heterocycles. The summed E-state index contributed by atoms with van der Waals surface area (Å²) in [5, 5.41) is 0. The van der Waals surface area contributed by atoms with Crippen molar-refractivity contribution in [2.75, 3.05) is 13.1 Å². The van der Waals surface area contributed by atoms with Gasteiger partial charge in [0.05, 0.1) is 24.7 Å². The van der Waals surface area contributed by atoms with Crippen molar-refractivity contribution in [2.24, 2.45) is 5.41 Å². The first-order valence-corrected chi connectivity index (χ1v) is 8.76. The van der Waals surface area contributed by atoms with Gasteiger partial charge in [-0.05, 0) is 54.9 Å². The van der Waals surface area contributed by atoms with Crippen molar-refractivity contribution in [3.05, 3.63) is 66.3 Å². The summed E-state index contributed by atoms with van der Waals surface area (Å²) >= 11 is 0. The van der Waals surface area contributed by atoms with Crippen molar-refractivity contribution in [1.29, 1.82) is 0 Å². The highest BCUT2D eigenvalue weighted by molar-refractivity contribution is 5.59. The van der Waals surface area contributed by atoms with Crippen LogP contribution in [0.4, 0.5) is 4.39 Å². The minimum absolute atomic E-state index is 0.203. The minimum Gasteiger partial charge on any atom is -0.468 e. The number of nitrogens with zero attached hydrogens (tertiary/aromatic N) is 3. The third-order valence-electron chi connectivity index (χ3n) is 5.58. The molecule has 0 N–H and O–H groups in total. The molecule has 4 heterocycles. The Morgan fingerprint density at radius 1 is 1.16 bits per heavy atom. The highest BCUT2D eigenvalue weighted by Gasteiger charge is 2.44. The van der Waals surface area contributed by atoms with Gasteiger partial charge in [-0.1, -0.05) is 0 Å². The van der Waals surface area contributed by atoms with Crippen LogP contribution >= 0.6 is 0 Å². The van der Waals surface area contributed by atoms with Gasteiger partial charge in [0.25, 0.3) is 0 Å². The Kier molecular flexibility index (Phi) is 3.31. The molecule has 128 valence electrons. The second kappa shape index (κ2) is 5.56. The quantitative estimate of drug-likeness (QED) is 0.730. The van der Waals surface area contributed by atoms with Crippen molar-refractivity contribution in [3.63, 3.8) is 0 Å². The zero-order valence-corrected chi connectivity index (χ0v) is 14.0. The molecule has 1 fully saturated rings. The summed E-state index contributed by atoms with van der Waals surface area (Å²) in [5.41, 5.74) is 2.39. The molecule has 5 heteroatoms. The minimum atomic E-state index is -0.203.